The lowest BCUT2D eigenvalue weighted by Gasteiger charge is -2.13. The van der Waals surface area contributed by atoms with Gasteiger partial charge >= 0.3 is 0 Å². The molecule has 5 aromatic carbocycles. The van der Waals surface area contributed by atoms with Crippen molar-refractivity contribution in [3.63, 3.8) is 0 Å². The molecule has 0 saturated heterocycles. The molecular formula is C95H125N5O5. The number of hydrogen-bond acceptors (Lipinski definition) is 7. The predicted octanol–water partition coefficient (Wildman–Crippen LogP) is 29.0. The Kier molecular flexibility index (Phi) is 43.1. The third kappa shape index (κ3) is 33.9. The standard InChI is InChI=1S/C95H125N5O5/c1-9-14-19-24-29-34-39-44-49-101-88-61-76-54-81(69-88)87(75-97)60-77-56-83(71-90(62-77)103-51-46-41-36-31-26-21-16-11-3)94(99-7)67-79-58-85(73-92(64-79)105-53-48-43-38-33-28-23-18-13-5)95(100-8)68-80-57-84(72-91(65-80)104-52-47-42-37-32-27-22-17-12-4)93(98-6)66-78-55-82(86(59-76)74-96)70-89(63-78)102-50-45-40-35-30-25-20-15-10-2/h54-73H,9-53H2,1-5H3/b86-59+,87-60+,93-66-,94-67-,95-68-. The van der Waals surface area contributed by atoms with Gasteiger partial charge in [0.15, 0.2) is 17.1 Å². The number of allylic oxidation sites excluding steroid dienone is 2. The average Bonchev–Trinajstić information content (AvgIpc) is 0.961. The van der Waals surface area contributed by atoms with E-state index >= 15 is 0 Å². The second kappa shape index (κ2) is 53.1. The fourth-order valence-corrected chi connectivity index (χ4v) is 13.5. The van der Waals surface area contributed by atoms with E-state index in [4.69, 9.17) is 43.4 Å². The van der Waals surface area contributed by atoms with Crippen molar-refractivity contribution in [3.05, 3.63) is 181 Å². The molecule has 10 bridgehead atoms. The van der Waals surface area contributed by atoms with Gasteiger partial charge in [0.1, 0.15) is 28.7 Å². The molecule has 0 aliphatic heterocycles. The van der Waals surface area contributed by atoms with Crippen molar-refractivity contribution >= 4 is 58.6 Å². The molecule has 0 unspecified atom stereocenters. The van der Waals surface area contributed by atoms with Gasteiger partial charge in [0.05, 0.1) is 76.0 Å². The Bertz CT molecular complexity index is 3190. The molecule has 0 spiro atoms. The first-order valence-electron chi connectivity index (χ1n) is 41.1. The maximum absolute atomic E-state index is 11.3. The van der Waals surface area contributed by atoms with Crippen molar-refractivity contribution in [3.8, 4) is 40.9 Å². The number of benzene rings is 5. The van der Waals surface area contributed by atoms with E-state index < -0.39 is 0 Å². The molecular weight excluding hydrogens is 1290 g/mol. The van der Waals surface area contributed by atoms with Crippen molar-refractivity contribution < 1.29 is 23.7 Å². The van der Waals surface area contributed by atoms with Gasteiger partial charge in [-0.2, -0.15) is 10.5 Å². The Labute approximate surface area is 635 Å². The lowest BCUT2D eigenvalue weighted by atomic mass is 9.96. The molecule has 1 aliphatic rings. The fraction of sp³-hybridized carbons (Fsp3) is 0.526. The minimum Gasteiger partial charge on any atom is -0.494 e. The first-order chi connectivity index (χ1) is 51.7. The van der Waals surface area contributed by atoms with E-state index in [-0.39, 0.29) is 0 Å². The average molecular weight is 1420 g/mol. The predicted molar refractivity (Wildman–Crippen MR) is 443 cm³/mol. The maximum atomic E-state index is 11.3. The van der Waals surface area contributed by atoms with Crippen LogP contribution in [-0.4, -0.2) is 33.0 Å². The Balaban J connectivity index is 1.57. The third-order valence-corrected chi connectivity index (χ3v) is 19.6. The SMILES string of the molecule is [C-]#[N+]/C1=C\c2cc(OCCCCCCCCCC)cc(c2)/C(C#N)=C/c2cc(OCCCCCCCCCC)cc(c2)/C(C#N)=C/c2cc(OCCCCCCCCCC)cc(c2)/C([N+]#[C-])=C/c2cc(OCCCCCCCCCC)cc(c2)/C([N+]#[C-])=C/c2cc(OCCCCCCCCCC)cc1c2. The van der Waals surface area contributed by atoms with Crippen molar-refractivity contribution in [2.24, 2.45) is 0 Å². The number of unbranched alkanes of at least 4 members (excludes halogenated alkanes) is 35. The molecule has 0 heterocycles. The van der Waals surface area contributed by atoms with Gasteiger partial charge in [-0.1, -0.05) is 278 Å². The van der Waals surface area contributed by atoms with Crippen molar-refractivity contribution in [2.45, 2.75) is 291 Å². The van der Waals surface area contributed by atoms with Crippen LogP contribution in [0.4, 0.5) is 0 Å². The summed E-state index contributed by atoms with van der Waals surface area (Å²) in [6, 6.07) is 34.0. The lowest BCUT2D eigenvalue weighted by Crippen LogP contribution is -2.00. The summed E-state index contributed by atoms with van der Waals surface area (Å²) in [6.45, 7) is 40.3. The molecule has 560 valence electrons. The van der Waals surface area contributed by atoms with E-state index in [9.17, 15) is 10.5 Å². The molecule has 5 aromatic rings. The van der Waals surface area contributed by atoms with Gasteiger partial charge < -0.3 is 23.7 Å². The van der Waals surface area contributed by atoms with E-state index in [0.29, 0.717) is 146 Å². The summed E-state index contributed by atoms with van der Waals surface area (Å²) < 4.78 is 33.1. The normalized spacial score (nSPS) is 14.6. The Morgan fingerprint density at radius 2 is 0.419 bits per heavy atom. The molecule has 0 atom stereocenters. The van der Waals surface area contributed by atoms with Gasteiger partial charge in [-0.25, -0.2) is 14.5 Å². The summed E-state index contributed by atoms with van der Waals surface area (Å²) in [5, 5.41) is 22.7. The zero-order chi connectivity index (χ0) is 74.6. The zero-order valence-electron chi connectivity index (χ0n) is 65.1. The van der Waals surface area contributed by atoms with Crippen LogP contribution in [0.3, 0.4) is 0 Å². The van der Waals surface area contributed by atoms with E-state index in [1.807, 2.05) is 121 Å². The highest BCUT2D eigenvalue weighted by Gasteiger charge is 2.17. The number of nitrogens with zero attached hydrogens (tertiary/aromatic N) is 5. The molecule has 1 aliphatic carbocycles. The van der Waals surface area contributed by atoms with Crippen LogP contribution >= 0.6 is 0 Å². The van der Waals surface area contributed by atoms with Crippen LogP contribution in [-0.2, 0) is 0 Å². The molecule has 10 nitrogen and oxygen atoms in total. The molecule has 0 radical (unpaired) electrons. The topological polar surface area (TPSA) is 107 Å². The summed E-state index contributed by atoms with van der Waals surface area (Å²) in [7, 11) is 0. The van der Waals surface area contributed by atoms with E-state index in [1.165, 1.54) is 161 Å². The number of hydrogen-bond donors (Lipinski definition) is 0. The summed E-state index contributed by atoms with van der Waals surface area (Å²) in [5.74, 6) is 2.92. The van der Waals surface area contributed by atoms with Gasteiger partial charge in [-0.3, -0.25) is 0 Å². The minimum atomic E-state index is 0.341. The van der Waals surface area contributed by atoms with E-state index in [2.05, 4.69) is 61.3 Å². The molecule has 6 rings (SSSR count). The first kappa shape index (κ1) is 85.2. The van der Waals surface area contributed by atoms with Crippen LogP contribution in [0.15, 0.2) is 91.0 Å². The van der Waals surface area contributed by atoms with E-state index in [1.54, 1.807) is 0 Å². The smallest absolute Gasteiger partial charge is 0.195 e. The molecule has 0 amide bonds. The summed E-state index contributed by atoms with van der Waals surface area (Å²) in [4.78, 5) is 12.6. The van der Waals surface area contributed by atoms with Crippen LogP contribution in [0.1, 0.15) is 347 Å². The first-order valence-corrected chi connectivity index (χ1v) is 41.1. The van der Waals surface area contributed by atoms with Gasteiger partial charge in [0, 0.05) is 0 Å². The monoisotopic (exact) mass is 1420 g/mol. The lowest BCUT2D eigenvalue weighted by molar-refractivity contribution is 0.304. The van der Waals surface area contributed by atoms with Gasteiger partial charge in [0.25, 0.3) is 0 Å². The maximum Gasteiger partial charge on any atom is 0.195 e. The highest BCUT2D eigenvalue weighted by atomic mass is 16.5. The van der Waals surface area contributed by atoms with Gasteiger partial charge in [-0.05, 0) is 191 Å². The molecule has 10 heteroatoms. The fourth-order valence-electron chi connectivity index (χ4n) is 13.5. The number of fused-ring (bicyclic) bond motifs is 10. The molecule has 105 heavy (non-hydrogen) atoms. The quantitative estimate of drug-likeness (QED) is 0.0282. The van der Waals surface area contributed by atoms with Crippen molar-refractivity contribution in [1.82, 2.24) is 0 Å². The van der Waals surface area contributed by atoms with Crippen LogP contribution in [0.5, 0.6) is 28.7 Å². The molecule has 0 fully saturated rings. The van der Waals surface area contributed by atoms with Crippen molar-refractivity contribution in [1.29, 1.82) is 10.5 Å². The molecule has 0 aromatic heterocycles. The van der Waals surface area contributed by atoms with Crippen LogP contribution < -0.4 is 23.7 Å². The highest BCUT2D eigenvalue weighted by Crippen LogP contribution is 2.37. The number of nitriles is 2. The van der Waals surface area contributed by atoms with Crippen LogP contribution in [0, 0.1) is 42.4 Å². The summed E-state index contributed by atoms with van der Waals surface area (Å²) >= 11 is 0. The van der Waals surface area contributed by atoms with E-state index in [0.717, 1.165) is 96.3 Å². The Morgan fingerprint density at radius 3 is 0.619 bits per heavy atom. The van der Waals surface area contributed by atoms with Crippen molar-refractivity contribution in [2.75, 3.05) is 33.0 Å². The zero-order valence-corrected chi connectivity index (χ0v) is 65.1. The Hall–Kier alpha value is -8.75. The van der Waals surface area contributed by atoms with Crippen LogP contribution in [0.25, 0.3) is 73.2 Å². The number of ether oxygens (including phenoxy) is 5. The second-order valence-electron chi connectivity index (χ2n) is 28.8. The molecule has 0 saturated carbocycles. The highest BCUT2D eigenvalue weighted by molar-refractivity contribution is 5.96. The second-order valence-corrected chi connectivity index (χ2v) is 28.8. The summed E-state index contributed by atoms with van der Waals surface area (Å²) in [5.41, 5.74) is 8.13. The minimum absolute atomic E-state index is 0.341. The molecule has 0 N–H and O–H groups in total. The summed E-state index contributed by atoms with van der Waals surface area (Å²) in [6.07, 6.45) is 55.6. The number of rotatable bonds is 50. The van der Waals surface area contributed by atoms with Crippen LogP contribution in [0.2, 0.25) is 0 Å². The largest absolute Gasteiger partial charge is 0.494 e. The Morgan fingerprint density at radius 1 is 0.238 bits per heavy atom. The van der Waals surface area contributed by atoms with Gasteiger partial charge in [-0.15, -0.1) is 0 Å². The third-order valence-electron chi connectivity index (χ3n) is 19.6. The van der Waals surface area contributed by atoms with Gasteiger partial charge in [0.2, 0.25) is 0 Å².